The normalized spacial score (nSPS) is 25.6. The third-order valence-corrected chi connectivity index (χ3v) is 10.0. The molecular weight excluding hydrogens is 650 g/mol. The van der Waals surface area contributed by atoms with Crippen LogP contribution in [0.4, 0.5) is 5.69 Å². The van der Waals surface area contributed by atoms with Gasteiger partial charge in [-0.15, -0.1) is 13.2 Å². The van der Waals surface area contributed by atoms with Crippen LogP contribution >= 0.6 is 11.6 Å². The van der Waals surface area contributed by atoms with E-state index in [-0.39, 0.29) is 25.5 Å². The summed E-state index contributed by atoms with van der Waals surface area (Å²) in [6.07, 6.45) is 3.00. The lowest BCUT2D eigenvalue weighted by atomic mass is 9.70. The van der Waals surface area contributed by atoms with Gasteiger partial charge in [-0.3, -0.25) is 19.2 Å². The Morgan fingerprint density at radius 2 is 1.88 bits per heavy atom. The van der Waals surface area contributed by atoms with Crippen LogP contribution in [0.5, 0.6) is 0 Å². The lowest BCUT2D eigenvalue weighted by molar-refractivity contribution is -0.163. The van der Waals surface area contributed by atoms with E-state index in [0.717, 1.165) is 0 Å². The zero-order valence-electron chi connectivity index (χ0n) is 27.8. The summed E-state index contributed by atoms with van der Waals surface area (Å²) in [7, 11) is 1.49. The van der Waals surface area contributed by atoms with Crippen LogP contribution in [0.2, 0.25) is 5.02 Å². The number of amides is 3. The van der Waals surface area contributed by atoms with Crippen LogP contribution in [0.15, 0.2) is 79.9 Å². The van der Waals surface area contributed by atoms with E-state index in [2.05, 4.69) is 18.5 Å². The average Bonchev–Trinajstić information content (AvgIpc) is 3.76. The third kappa shape index (κ3) is 6.90. The minimum atomic E-state index is -1.35. The SMILES string of the molecule is C=CCCC(=O)N[C@@H](COC)[C@@H](OC(=O)[C@@H]1[C@H]2C(=O)N([C@H](C)CO)[C@H](C(=O)N(CC=C)c3ccccc3Cl)[C@]23CC[C@H]1O3)c1ccccc1. The molecule has 262 valence electrons. The number of rotatable bonds is 16. The van der Waals surface area contributed by atoms with Crippen LogP contribution in [-0.4, -0.2) is 90.4 Å². The van der Waals surface area contributed by atoms with Gasteiger partial charge < -0.3 is 34.4 Å². The van der Waals surface area contributed by atoms with Gasteiger partial charge in [0, 0.05) is 20.1 Å². The fourth-order valence-corrected chi connectivity index (χ4v) is 7.82. The zero-order valence-corrected chi connectivity index (χ0v) is 28.6. The second kappa shape index (κ2) is 15.7. The molecule has 2 N–H and O–H groups in total. The molecule has 3 amide bonds. The molecule has 8 atom stereocenters. The quantitative estimate of drug-likeness (QED) is 0.199. The molecule has 3 fully saturated rings. The van der Waals surface area contributed by atoms with E-state index < -0.39 is 72.2 Å². The van der Waals surface area contributed by atoms with E-state index in [1.807, 2.05) is 6.07 Å². The molecule has 0 aromatic heterocycles. The number of hydrogen-bond acceptors (Lipinski definition) is 8. The number of para-hydroxylation sites is 1. The topological polar surface area (TPSA) is 135 Å². The van der Waals surface area contributed by atoms with Crippen molar-refractivity contribution in [2.45, 2.75) is 68.5 Å². The number of esters is 1. The number of likely N-dealkylation sites (tertiary alicyclic amines) is 1. The van der Waals surface area contributed by atoms with Crippen molar-refractivity contribution in [3.05, 3.63) is 90.5 Å². The molecule has 0 saturated carbocycles. The largest absolute Gasteiger partial charge is 0.455 e. The number of carbonyl (C=O) groups excluding carboxylic acids is 4. The maximum absolute atomic E-state index is 14.7. The fourth-order valence-electron chi connectivity index (χ4n) is 7.58. The Morgan fingerprint density at radius 3 is 2.53 bits per heavy atom. The highest BCUT2D eigenvalue weighted by molar-refractivity contribution is 6.34. The monoisotopic (exact) mass is 693 g/mol. The Labute approximate surface area is 291 Å². The fraction of sp³-hybridized carbons (Fsp3) is 0.459. The molecule has 5 rings (SSSR count). The van der Waals surface area contributed by atoms with E-state index in [1.54, 1.807) is 67.6 Å². The highest BCUT2D eigenvalue weighted by Crippen LogP contribution is 2.59. The Hall–Kier alpha value is -4.03. The van der Waals surface area contributed by atoms with Crippen LogP contribution in [-0.2, 0) is 33.4 Å². The number of anilines is 1. The summed E-state index contributed by atoms with van der Waals surface area (Å²) < 4.78 is 18.3. The van der Waals surface area contributed by atoms with Crippen molar-refractivity contribution in [1.29, 1.82) is 0 Å². The number of benzene rings is 2. The van der Waals surface area contributed by atoms with E-state index in [4.69, 9.17) is 25.8 Å². The molecule has 12 heteroatoms. The molecule has 1 spiro atoms. The molecular formula is C37H44ClN3O8. The number of carbonyl (C=O) groups is 4. The molecule has 3 saturated heterocycles. The van der Waals surface area contributed by atoms with Crippen LogP contribution in [0, 0.1) is 11.8 Å². The number of ether oxygens (including phenoxy) is 3. The Bertz CT molecular complexity index is 1560. The molecule has 0 aliphatic carbocycles. The minimum Gasteiger partial charge on any atom is -0.455 e. The predicted molar refractivity (Wildman–Crippen MR) is 184 cm³/mol. The summed E-state index contributed by atoms with van der Waals surface area (Å²) in [6, 6.07) is 13.2. The van der Waals surface area contributed by atoms with E-state index in [0.29, 0.717) is 35.5 Å². The smallest absolute Gasteiger partial charge is 0.313 e. The average molecular weight is 694 g/mol. The predicted octanol–water partition coefficient (Wildman–Crippen LogP) is 4.00. The van der Waals surface area contributed by atoms with Crippen LogP contribution in [0.25, 0.3) is 0 Å². The lowest BCUT2D eigenvalue weighted by Gasteiger charge is -2.38. The van der Waals surface area contributed by atoms with E-state index in [9.17, 15) is 24.3 Å². The van der Waals surface area contributed by atoms with Crippen molar-refractivity contribution in [1.82, 2.24) is 10.2 Å². The highest BCUT2D eigenvalue weighted by Gasteiger charge is 2.75. The summed E-state index contributed by atoms with van der Waals surface area (Å²) in [6.45, 7) is 8.88. The molecule has 3 heterocycles. The van der Waals surface area contributed by atoms with Gasteiger partial charge in [-0.05, 0) is 43.9 Å². The number of allylic oxidation sites excluding steroid dienone is 1. The van der Waals surface area contributed by atoms with Gasteiger partial charge >= 0.3 is 5.97 Å². The maximum atomic E-state index is 14.7. The zero-order chi connectivity index (χ0) is 35.3. The lowest BCUT2D eigenvalue weighted by Crippen LogP contribution is -2.58. The first kappa shape index (κ1) is 36.3. The second-order valence-electron chi connectivity index (χ2n) is 12.7. The number of hydrogen-bond donors (Lipinski definition) is 2. The van der Waals surface area contributed by atoms with Gasteiger partial charge in [0.05, 0.1) is 53.9 Å². The van der Waals surface area contributed by atoms with Gasteiger partial charge in [0.1, 0.15) is 17.7 Å². The van der Waals surface area contributed by atoms with Crippen molar-refractivity contribution < 1.29 is 38.5 Å². The third-order valence-electron chi connectivity index (χ3n) is 9.71. The number of nitrogens with one attached hydrogen (secondary N) is 1. The van der Waals surface area contributed by atoms with Gasteiger partial charge in [-0.1, -0.05) is 66.2 Å². The van der Waals surface area contributed by atoms with Crippen LogP contribution < -0.4 is 10.2 Å². The Morgan fingerprint density at radius 1 is 1.16 bits per heavy atom. The molecule has 2 bridgehead atoms. The Balaban J connectivity index is 1.51. The molecule has 2 aromatic carbocycles. The summed E-state index contributed by atoms with van der Waals surface area (Å²) in [5.74, 6) is -3.94. The first-order valence-corrected chi connectivity index (χ1v) is 16.9. The number of aliphatic hydroxyl groups excluding tert-OH is 1. The minimum absolute atomic E-state index is 0.0448. The molecule has 0 radical (unpaired) electrons. The molecule has 49 heavy (non-hydrogen) atoms. The van der Waals surface area contributed by atoms with Gasteiger partial charge in [0.15, 0.2) is 0 Å². The Kier molecular flexibility index (Phi) is 11.6. The number of halogens is 1. The van der Waals surface area contributed by atoms with Gasteiger partial charge in [-0.2, -0.15) is 0 Å². The van der Waals surface area contributed by atoms with Crippen molar-refractivity contribution in [3.63, 3.8) is 0 Å². The highest BCUT2D eigenvalue weighted by atomic mass is 35.5. The van der Waals surface area contributed by atoms with Crippen molar-refractivity contribution >= 4 is 41.0 Å². The van der Waals surface area contributed by atoms with E-state index in [1.165, 1.54) is 16.9 Å². The number of fused-ring (bicyclic) bond motifs is 1. The summed E-state index contributed by atoms with van der Waals surface area (Å²) >= 11 is 6.54. The number of methoxy groups -OCH3 is 1. The van der Waals surface area contributed by atoms with Crippen molar-refractivity contribution in [2.24, 2.45) is 11.8 Å². The second-order valence-corrected chi connectivity index (χ2v) is 13.2. The number of aliphatic hydroxyl groups is 1. The molecule has 2 aromatic rings. The maximum Gasteiger partial charge on any atom is 0.313 e. The van der Waals surface area contributed by atoms with Crippen LogP contribution in [0.3, 0.4) is 0 Å². The summed E-state index contributed by atoms with van der Waals surface area (Å²) in [5.41, 5.74) is -0.284. The summed E-state index contributed by atoms with van der Waals surface area (Å²) in [5, 5.41) is 13.5. The van der Waals surface area contributed by atoms with Crippen LogP contribution in [0.1, 0.15) is 44.3 Å². The molecule has 3 aliphatic heterocycles. The van der Waals surface area contributed by atoms with Gasteiger partial charge in [-0.25, -0.2) is 0 Å². The summed E-state index contributed by atoms with van der Waals surface area (Å²) in [4.78, 5) is 59.1. The standard InChI is InChI=1S/C37H44ClN3O8/c1-5-7-17-29(43)39-26(22-47-4)32(24-13-9-8-10-14-24)48-36(46)30-28-18-19-37(49-28)31(30)34(44)41(23(3)21-42)33(37)35(45)40(20-6-2)27-16-12-11-15-25(27)38/h5-6,8-16,23,26,28,30-33,42H,1-2,7,17-22H2,3-4H3,(H,39,43)/t23-,26+,28-,30+,31+,32+,33-,37+/m1/s1. The first-order chi connectivity index (χ1) is 23.6. The van der Waals surface area contributed by atoms with Gasteiger partial charge in [0.2, 0.25) is 11.8 Å². The van der Waals surface area contributed by atoms with Crippen molar-refractivity contribution in [3.8, 4) is 0 Å². The van der Waals surface area contributed by atoms with E-state index >= 15 is 0 Å². The molecule has 11 nitrogen and oxygen atoms in total. The first-order valence-electron chi connectivity index (χ1n) is 16.6. The molecule has 0 unspecified atom stereocenters. The van der Waals surface area contributed by atoms with Gasteiger partial charge in [0.25, 0.3) is 5.91 Å². The number of nitrogens with zero attached hydrogens (tertiary/aromatic N) is 2. The molecule has 3 aliphatic rings. The van der Waals surface area contributed by atoms with Crippen molar-refractivity contribution in [2.75, 3.05) is 31.8 Å².